The van der Waals surface area contributed by atoms with Crippen LogP contribution in [0.1, 0.15) is 34.7 Å². The molecule has 4 rings (SSSR count). The van der Waals surface area contributed by atoms with Gasteiger partial charge in [-0.1, -0.05) is 17.3 Å². The SMILES string of the molecule is O=C(c1ccc(O)cc1)C1CCN(Cc2nc(-c3cccc(C(F)(F)F)c3)no2)CC1. The van der Waals surface area contributed by atoms with E-state index in [4.69, 9.17) is 4.52 Å². The highest BCUT2D eigenvalue weighted by Gasteiger charge is 2.31. The van der Waals surface area contributed by atoms with Crippen LogP contribution in [0.15, 0.2) is 53.1 Å². The predicted octanol–water partition coefficient (Wildman–Crippen LogP) is 4.56. The Bertz CT molecular complexity index is 1060. The van der Waals surface area contributed by atoms with E-state index in [0.717, 1.165) is 12.1 Å². The molecule has 0 aliphatic carbocycles. The van der Waals surface area contributed by atoms with Crippen LogP contribution >= 0.6 is 0 Å². The first-order valence-corrected chi connectivity index (χ1v) is 9.85. The second-order valence-electron chi connectivity index (χ2n) is 7.55. The highest BCUT2D eigenvalue weighted by Crippen LogP contribution is 2.31. The molecule has 162 valence electrons. The number of alkyl halides is 3. The zero-order chi connectivity index (χ0) is 22.0. The smallest absolute Gasteiger partial charge is 0.416 e. The monoisotopic (exact) mass is 431 g/mol. The minimum absolute atomic E-state index is 0.0595. The van der Waals surface area contributed by atoms with E-state index in [-0.39, 0.29) is 28.8 Å². The van der Waals surface area contributed by atoms with Crippen molar-refractivity contribution >= 4 is 5.78 Å². The van der Waals surface area contributed by atoms with Gasteiger partial charge in [-0.25, -0.2) is 0 Å². The number of aromatic nitrogens is 2. The van der Waals surface area contributed by atoms with Gasteiger partial charge < -0.3 is 9.63 Å². The van der Waals surface area contributed by atoms with Crippen LogP contribution in [-0.4, -0.2) is 39.0 Å². The van der Waals surface area contributed by atoms with Crippen molar-refractivity contribution in [3.8, 4) is 17.1 Å². The maximum Gasteiger partial charge on any atom is 0.416 e. The van der Waals surface area contributed by atoms with Gasteiger partial charge in [0.15, 0.2) is 5.78 Å². The third-order valence-electron chi connectivity index (χ3n) is 5.39. The molecule has 0 bridgehead atoms. The number of nitrogens with zero attached hydrogens (tertiary/aromatic N) is 3. The maximum atomic E-state index is 12.9. The van der Waals surface area contributed by atoms with Gasteiger partial charge in [0, 0.05) is 17.0 Å². The number of ketones is 1. The van der Waals surface area contributed by atoms with Crippen molar-refractivity contribution in [3.63, 3.8) is 0 Å². The number of phenols is 1. The minimum Gasteiger partial charge on any atom is -0.508 e. The molecule has 6 nitrogen and oxygen atoms in total. The van der Waals surface area contributed by atoms with Gasteiger partial charge >= 0.3 is 6.18 Å². The van der Waals surface area contributed by atoms with Crippen LogP contribution < -0.4 is 0 Å². The van der Waals surface area contributed by atoms with Crippen molar-refractivity contribution in [2.24, 2.45) is 5.92 Å². The Balaban J connectivity index is 1.35. The topological polar surface area (TPSA) is 79.5 Å². The lowest BCUT2D eigenvalue weighted by Gasteiger charge is -2.30. The third-order valence-corrected chi connectivity index (χ3v) is 5.39. The largest absolute Gasteiger partial charge is 0.508 e. The lowest BCUT2D eigenvalue weighted by molar-refractivity contribution is -0.137. The highest BCUT2D eigenvalue weighted by molar-refractivity contribution is 5.98. The first-order chi connectivity index (χ1) is 14.8. The van der Waals surface area contributed by atoms with Crippen LogP contribution in [0, 0.1) is 5.92 Å². The molecule has 1 saturated heterocycles. The van der Waals surface area contributed by atoms with E-state index < -0.39 is 11.7 Å². The fourth-order valence-electron chi connectivity index (χ4n) is 3.68. The molecule has 31 heavy (non-hydrogen) atoms. The lowest BCUT2D eigenvalue weighted by atomic mass is 9.89. The standard InChI is InChI=1S/C22H20F3N3O3/c23-22(24,25)17-3-1-2-16(12-17)21-26-19(31-27-21)13-28-10-8-15(9-11-28)20(30)14-4-6-18(29)7-5-14/h1-7,12,15,29H,8-11,13H2. The van der Waals surface area contributed by atoms with Crippen LogP contribution in [-0.2, 0) is 12.7 Å². The fourth-order valence-corrected chi connectivity index (χ4v) is 3.68. The Labute approximate surface area is 176 Å². The molecule has 0 unspecified atom stereocenters. The van der Waals surface area contributed by atoms with Crippen molar-refractivity contribution in [3.05, 3.63) is 65.5 Å². The summed E-state index contributed by atoms with van der Waals surface area (Å²) in [5.41, 5.74) is 0.0543. The number of halogens is 3. The molecule has 1 N–H and O–H groups in total. The highest BCUT2D eigenvalue weighted by atomic mass is 19.4. The van der Waals surface area contributed by atoms with Gasteiger partial charge in [0.05, 0.1) is 12.1 Å². The third kappa shape index (κ3) is 4.93. The molecule has 1 aromatic heterocycles. The summed E-state index contributed by atoms with van der Waals surface area (Å²) in [6, 6.07) is 11.0. The molecule has 0 amide bonds. The second kappa shape index (κ2) is 8.50. The number of rotatable bonds is 5. The molecule has 2 heterocycles. The number of piperidine rings is 1. The molecule has 0 spiro atoms. The summed E-state index contributed by atoms with van der Waals surface area (Å²) >= 11 is 0. The number of phenolic OH excluding ortho intramolecular Hbond substituents is 1. The van der Waals surface area contributed by atoms with Crippen molar-refractivity contribution in [1.82, 2.24) is 15.0 Å². The van der Waals surface area contributed by atoms with Gasteiger partial charge in [-0.15, -0.1) is 0 Å². The van der Waals surface area contributed by atoms with E-state index in [2.05, 4.69) is 15.0 Å². The van der Waals surface area contributed by atoms with Crippen LogP contribution in [0.3, 0.4) is 0 Å². The maximum absolute atomic E-state index is 12.9. The minimum atomic E-state index is -4.44. The summed E-state index contributed by atoms with van der Waals surface area (Å²) in [4.78, 5) is 18.9. The van der Waals surface area contributed by atoms with Crippen LogP contribution in [0.4, 0.5) is 13.2 Å². The van der Waals surface area contributed by atoms with E-state index in [0.29, 0.717) is 43.9 Å². The Morgan fingerprint density at radius 2 is 1.84 bits per heavy atom. The first kappa shape index (κ1) is 21.0. The van der Waals surface area contributed by atoms with Crippen molar-refractivity contribution in [1.29, 1.82) is 0 Å². The van der Waals surface area contributed by atoms with Crippen LogP contribution in [0.5, 0.6) is 5.75 Å². The summed E-state index contributed by atoms with van der Waals surface area (Å²) in [5.74, 6) is 0.512. The van der Waals surface area contributed by atoms with Crippen molar-refractivity contribution in [2.45, 2.75) is 25.6 Å². The van der Waals surface area contributed by atoms with Gasteiger partial charge in [0.2, 0.25) is 11.7 Å². The van der Waals surface area contributed by atoms with Crippen molar-refractivity contribution in [2.75, 3.05) is 13.1 Å². The average molecular weight is 431 g/mol. The van der Waals surface area contributed by atoms with E-state index in [9.17, 15) is 23.1 Å². The second-order valence-corrected chi connectivity index (χ2v) is 7.55. The van der Waals surface area contributed by atoms with Crippen LogP contribution in [0.2, 0.25) is 0 Å². The molecule has 0 saturated carbocycles. The lowest BCUT2D eigenvalue weighted by Crippen LogP contribution is -2.36. The van der Waals surface area contributed by atoms with E-state index in [1.807, 2.05) is 0 Å². The summed E-state index contributed by atoms with van der Waals surface area (Å²) in [6.45, 7) is 1.69. The zero-order valence-electron chi connectivity index (χ0n) is 16.5. The number of carbonyl (C=O) groups is 1. The fraction of sp³-hybridized carbons (Fsp3) is 0.318. The molecular weight excluding hydrogens is 411 g/mol. The molecule has 9 heteroatoms. The Hall–Kier alpha value is -3.20. The summed E-state index contributed by atoms with van der Waals surface area (Å²) in [6.07, 6.45) is -3.09. The Morgan fingerprint density at radius 3 is 2.52 bits per heavy atom. The van der Waals surface area contributed by atoms with E-state index >= 15 is 0 Å². The predicted molar refractivity (Wildman–Crippen MR) is 105 cm³/mol. The number of hydrogen-bond donors (Lipinski definition) is 1. The molecule has 0 radical (unpaired) electrons. The van der Waals surface area contributed by atoms with E-state index in [1.165, 1.54) is 24.3 Å². The summed E-state index contributed by atoms with van der Waals surface area (Å²) < 4.78 is 43.9. The normalized spacial score (nSPS) is 15.8. The van der Waals surface area contributed by atoms with Gasteiger partial charge in [0.25, 0.3) is 0 Å². The number of carbonyl (C=O) groups excluding carboxylic acids is 1. The first-order valence-electron chi connectivity index (χ1n) is 9.85. The summed E-state index contributed by atoms with van der Waals surface area (Å²) in [5, 5.41) is 13.2. The number of aromatic hydroxyl groups is 1. The van der Waals surface area contributed by atoms with Gasteiger partial charge in [0.1, 0.15) is 5.75 Å². The van der Waals surface area contributed by atoms with Crippen LogP contribution in [0.25, 0.3) is 11.4 Å². The van der Waals surface area contributed by atoms with Gasteiger partial charge in [-0.2, -0.15) is 18.2 Å². The molecule has 1 aliphatic rings. The average Bonchev–Trinajstić information content (AvgIpc) is 3.22. The Morgan fingerprint density at radius 1 is 1.13 bits per heavy atom. The molecule has 3 aromatic rings. The molecule has 1 fully saturated rings. The number of hydrogen-bond acceptors (Lipinski definition) is 6. The van der Waals surface area contributed by atoms with Gasteiger partial charge in [-0.3, -0.25) is 9.69 Å². The van der Waals surface area contributed by atoms with E-state index in [1.54, 1.807) is 12.1 Å². The van der Waals surface area contributed by atoms with Gasteiger partial charge in [-0.05, 0) is 62.3 Å². The molecule has 1 aliphatic heterocycles. The molecule has 0 atom stereocenters. The molecular formula is C22H20F3N3O3. The van der Waals surface area contributed by atoms with Crippen molar-refractivity contribution < 1.29 is 27.6 Å². The Kier molecular flexibility index (Phi) is 5.77. The number of benzene rings is 2. The molecule has 2 aromatic carbocycles. The summed E-state index contributed by atoms with van der Waals surface area (Å²) in [7, 11) is 0. The quantitative estimate of drug-likeness (QED) is 0.597. The number of Topliss-reactive ketones (excluding diaryl/α,β-unsaturated/α-hetero) is 1. The zero-order valence-corrected chi connectivity index (χ0v) is 16.5. The number of likely N-dealkylation sites (tertiary alicyclic amines) is 1.